The molecule has 0 saturated carbocycles. The van der Waals surface area contributed by atoms with E-state index in [1.54, 1.807) is 28.5 Å². The number of benzene rings is 1. The quantitative estimate of drug-likeness (QED) is 0.631. The van der Waals surface area contributed by atoms with Gasteiger partial charge in [0, 0.05) is 23.5 Å². The summed E-state index contributed by atoms with van der Waals surface area (Å²) in [4.78, 5) is 14.0. The van der Waals surface area contributed by atoms with Crippen molar-refractivity contribution in [1.29, 1.82) is 0 Å². The van der Waals surface area contributed by atoms with Crippen LogP contribution in [0.4, 0.5) is 5.69 Å². The lowest BCUT2D eigenvalue weighted by Gasteiger charge is -2.11. The van der Waals surface area contributed by atoms with Crippen molar-refractivity contribution in [1.82, 2.24) is 15.1 Å². The fourth-order valence-electron chi connectivity index (χ4n) is 2.91. The van der Waals surface area contributed by atoms with Crippen molar-refractivity contribution < 1.29 is 17.6 Å². The highest BCUT2D eigenvalue weighted by Crippen LogP contribution is 2.30. The van der Waals surface area contributed by atoms with E-state index < -0.39 is 10.0 Å². The van der Waals surface area contributed by atoms with Crippen LogP contribution in [0.2, 0.25) is 5.02 Å². The molecule has 0 spiro atoms. The number of aryl methyl sites for hydroxylation is 1. The molecule has 1 N–H and O–H groups in total. The Hall–Kier alpha value is -2.43. The smallest absolute Gasteiger partial charge is 0.311 e. The molecule has 1 aromatic carbocycles. The zero-order valence-electron chi connectivity index (χ0n) is 15.4. The van der Waals surface area contributed by atoms with E-state index in [-0.39, 0.29) is 21.9 Å². The normalized spacial score (nSPS) is 14.3. The van der Waals surface area contributed by atoms with Crippen LogP contribution in [0.15, 0.2) is 38.3 Å². The molecule has 0 radical (unpaired) electrons. The molecule has 0 aliphatic carbocycles. The number of nitrogens with zero attached hydrogens (tertiary/aromatic N) is 3. The van der Waals surface area contributed by atoms with E-state index in [0.29, 0.717) is 29.4 Å². The van der Waals surface area contributed by atoms with Crippen LogP contribution in [0.3, 0.4) is 0 Å². The first-order valence-corrected chi connectivity index (χ1v) is 11.6. The van der Waals surface area contributed by atoms with Crippen molar-refractivity contribution in [2.24, 2.45) is 0 Å². The van der Waals surface area contributed by atoms with Gasteiger partial charge in [-0.3, -0.25) is 9.52 Å². The molecule has 0 bridgehead atoms. The van der Waals surface area contributed by atoms with Crippen molar-refractivity contribution in [2.45, 2.75) is 24.0 Å². The fraction of sp³-hybridized carbons (Fsp3) is 0.278. The van der Waals surface area contributed by atoms with Crippen LogP contribution >= 0.6 is 22.9 Å². The van der Waals surface area contributed by atoms with Gasteiger partial charge in [-0.1, -0.05) is 17.7 Å². The maximum absolute atomic E-state index is 12.7. The first kappa shape index (κ1) is 19.9. The van der Waals surface area contributed by atoms with Gasteiger partial charge >= 0.3 is 11.8 Å². The van der Waals surface area contributed by atoms with Crippen LogP contribution in [-0.2, 0) is 10.0 Å². The number of halogens is 1. The van der Waals surface area contributed by atoms with Gasteiger partial charge in [-0.25, -0.2) is 8.42 Å². The largest absolute Gasteiger partial charge is 0.412 e. The number of amides is 1. The molecule has 4 rings (SSSR count). The Kier molecular flexibility index (Phi) is 5.32. The summed E-state index contributed by atoms with van der Waals surface area (Å²) in [7, 11) is -3.81. The molecule has 11 heteroatoms. The van der Waals surface area contributed by atoms with Gasteiger partial charge in [0.25, 0.3) is 10.0 Å². The number of rotatable bonds is 5. The Bertz CT molecular complexity index is 1170. The standard InChI is InChI=1S/C18H17ClN4O4S2/c1-11-4-5-13(9-14(11)19)22-29(25,26)15-8-12(10-28-15)16-20-21-17(27-16)18(24)23-6-2-3-7-23/h4-5,8-10,22H,2-3,6-7H2,1H3. The molecule has 0 unspecified atom stereocenters. The summed E-state index contributed by atoms with van der Waals surface area (Å²) >= 11 is 7.07. The number of aromatic nitrogens is 2. The van der Waals surface area contributed by atoms with Gasteiger partial charge in [0.2, 0.25) is 5.89 Å². The molecular weight excluding hydrogens is 436 g/mol. The van der Waals surface area contributed by atoms with E-state index in [9.17, 15) is 13.2 Å². The molecule has 152 valence electrons. The number of hydrogen-bond acceptors (Lipinski definition) is 7. The van der Waals surface area contributed by atoms with Crippen LogP contribution < -0.4 is 4.72 Å². The first-order chi connectivity index (χ1) is 13.8. The van der Waals surface area contributed by atoms with Gasteiger partial charge in [0.05, 0.1) is 11.3 Å². The third kappa shape index (κ3) is 4.14. The van der Waals surface area contributed by atoms with Crippen LogP contribution in [0.1, 0.15) is 29.1 Å². The third-order valence-electron chi connectivity index (χ3n) is 4.51. The Balaban J connectivity index is 1.53. The van der Waals surface area contributed by atoms with E-state index in [1.807, 2.05) is 6.92 Å². The topological polar surface area (TPSA) is 105 Å². The minimum absolute atomic E-state index is 0.0785. The number of hydrogen-bond donors (Lipinski definition) is 1. The van der Waals surface area contributed by atoms with Crippen molar-refractivity contribution >= 4 is 44.6 Å². The zero-order chi connectivity index (χ0) is 20.6. The number of anilines is 1. The van der Waals surface area contributed by atoms with Gasteiger partial charge < -0.3 is 9.32 Å². The van der Waals surface area contributed by atoms with Gasteiger partial charge in [-0.2, -0.15) is 0 Å². The van der Waals surface area contributed by atoms with Gasteiger partial charge in [-0.15, -0.1) is 21.5 Å². The maximum atomic E-state index is 12.7. The molecule has 1 saturated heterocycles. The first-order valence-electron chi connectivity index (χ1n) is 8.84. The second-order valence-electron chi connectivity index (χ2n) is 6.64. The summed E-state index contributed by atoms with van der Waals surface area (Å²) in [5, 5.41) is 9.76. The molecule has 1 fully saturated rings. The zero-order valence-corrected chi connectivity index (χ0v) is 17.8. The number of sulfonamides is 1. The van der Waals surface area contributed by atoms with Gasteiger partial charge in [-0.05, 0) is 43.5 Å². The van der Waals surface area contributed by atoms with E-state index in [4.69, 9.17) is 16.0 Å². The molecule has 8 nitrogen and oxygen atoms in total. The van der Waals surface area contributed by atoms with Gasteiger partial charge in [0.15, 0.2) is 0 Å². The lowest BCUT2D eigenvalue weighted by atomic mass is 10.2. The summed E-state index contributed by atoms with van der Waals surface area (Å²) in [6, 6.07) is 6.36. The molecular formula is C18H17ClN4O4S2. The van der Waals surface area contributed by atoms with Crippen molar-refractivity contribution in [3.8, 4) is 11.5 Å². The van der Waals surface area contributed by atoms with E-state index in [1.165, 1.54) is 6.07 Å². The summed E-state index contributed by atoms with van der Waals surface area (Å²) in [6.07, 6.45) is 1.91. The fourth-order valence-corrected chi connectivity index (χ4v) is 5.30. The van der Waals surface area contributed by atoms with E-state index in [2.05, 4.69) is 14.9 Å². The van der Waals surface area contributed by atoms with E-state index in [0.717, 1.165) is 29.7 Å². The number of nitrogens with one attached hydrogen (secondary N) is 1. The minimum atomic E-state index is -3.81. The molecule has 29 heavy (non-hydrogen) atoms. The predicted molar refractivity (Wildman–Crippen MR) is 110 cm³/mol. The Morgan fingerprint density at radius 3 is 2.72 bits per heavy atom. The second-order valence-corrected chi connectivity index (χ2v) is 9.86. The van der Waals surface area contributed by atoms with Gasteiger partial charge in [0.1, 0.15) is 4.21 Å². The second kappa shape index (κ2) is 7.77. The van der Waals surface area contributed by atoms with Crippen molar-refractivity contribution in [2.75, 3.05) is 17.8 Å². The van der Waals surface area contributed by atoms with Crippen LogP contribution in [0.25, 0.3) is 11.5 Å². The predicted octanol–water partition coefficient (Wildman–Crippen LogP) is 3.80. The molecule has 1 aliphatic rings. The summed E-state index contributed by atoms with van der Waals surface area (Å²) in [5.41, 5.74) is 1.65. The summed E-state index contributed by atoms with van der Waals surface area (Å²) in [6.45, 7) is 3.18. The number of likely N-dealkylation sites (tertiary alicyclic amines) is 1. The SMILES string of the molecule is Cc1ccc(NS(=O)(=O)c2cc(-c3nnc(C(=O)N4CCCC4)o3)cs2)cc1Cl. The van der Waals surface area contributed by atoms with Crippen molar-refractivity contribution in [3.63, 3.8) is 0 Å². The van der Waals surface area contributed by atoms with Crippen LogP contribution in [0, 0.1) is 6.92 Å². The summed E-state index contributed by atoms with van der Waals surface area (Å²) in [5.74, 6) is -0.296. The lowest BCUT2D eigenvalue weighted by molar-refractivity contribution is 0.0754. The molecule has 3 aromatic rings. The minimum Gasteiger partial charge on any atom is -0.412 e. The monoisotopic (exact) mass is 452 g/mol. The maximum Gasteiger partial charge on any atom is 0.311 e. The third-order valence-corrected chi connectivity index (χ3v) is 7.74. The summed E-state index contributed by atoms with van der Waals surface area (Å²) < 4.78 is 33.4. The average Bonchev–Trinajstić information content (AvgIpc) is 3.44. The molecule has 2 aromatic heterocycles. The highest BCUT2D eigenvalue weighted by Gasteiger charge is 2.26. The van der Waals surface area contributed by atoms with Crippen molar-refractivity contribution in [3.05, 3.63) is 46.1 Å². The highest BCUT2D eigenvalue weighted by molar-refractivity contribution is 7.94. The number of carbonyl (C=O) groups is 1. The Morgan fingerprint density at radius 2 is 2.00 bits per heavy atom. The molecule has 1 aliphatic heterocycles. The Labute approximate surface area is 176 Å². The lowest BCUT2D eigenvalue weighted by Crippen LogP contribution is -2.27. The molecule has 0 atom stereocenters. The number of thiophene rings is 1. The van der Waals surface area contributed by atoms with Crippen LogP contribution in [-0.4, -0.2) is 42.5 Å². The molecule has 3 heterocycles. The molecule has 1 amide bonds. The Morgan fingerprint density at radius 1 is 1.24 bits per heavy atom. The van der Waals surface area contributed by atoms with E-state index >= 15 is 0 Å². The average molecular weight is 453 g/mol. The highest BCUT2D eigenvalue weighted by atomic mass is 35.5. The van der Waals surface area contributed by atoms with Crippen LogP contribution in [0.5, 0.6) is 0 Å². The number of carbonyl (C=O) groups excluding carboxylic acids is 1.